The molecule has 104 valence electrons. The molecule has 3 rings (SSSR count). The Kier molecular flexibility index (Phi) is 3.39. The van der Waals surface area contributed by atoms with Gasteiger partial charge in [-0.15, -0.1) is 0 Å². The third-order valence-electron chi connectivity index (χ3n) is 4.94. The summed E-state index contributed by atoms with van der Waals surface area (Å²) in [7, 11) is 0. The minimum Gasteiger partial charge on any atom is -0.307 e. The van der Waals surface area contributed by atoms with Crippen LogP contribution < -0.4 is 5.32 Å². The molecule has 0 aliphatic heterocycles. The molecule has 1 saturated carbocycles. The van der Waals surface area contributed by atoms with Gasteiger partial charge in [0.2, 0.25) is 0 Å². The Bertz CT molecular complexity index is 480. The predicted octanol–water partition coefficient (Wildman–Crippen LogP) is 4.74. The van der Waals surface area contributed by atoms with Crippen LogP contribution in [0.5, 0.6) is 0 Å². The van der Waals surface area contributed by atoms with Gasteiger partial charge in [-0.1, -0.05) is 38.4 Å². The number of rotatable bonds is 2. The van der Waals surface area contributed by atoms with E-state index < -0.39 is 0 Å². The van der Waals surface area contributed by atoms with Crippen LogP contribution in [0.4, 0.5) is 0 Å². The van der Waals surface area contributed by atoms with Crippen molar-refractivity contribution in [2.75, 3.05) is 0 Å². The standard InChI is InChI=1S/C17H24ClN/c1-11-4-7-14(8-11)19-16-15-9-13(18)6-5-12(15)10-17(16,2)3/h5-6,9,11,14,16,19H,4,7-8,10H2,1-3H3. The van der Waals surface area contributed by atoms with E-state index in [2.05, 4.69) is 38.2 Å². The van der Waals surface area contributed by atoms with Crippen LogP contribution >= 0.6 is 11.6 Å². The number of nitrogens with one attached hydrogen (secondary N) is 1. The lowest BCUT2D eigenvalue weighted by atomic mass is 9.85. The van der Waals surface area contributed by atoms with Gasteiger partial charge in [-0.2, -0.15) is 0 Å². The van der Waals surface area contributed by atoms with E-state index in [4.69, 9.17) is 11.6 Å². The van der Waals surface area contributed by atoms with E-state index in [9.17, 15) is 0 Å². The Balaban J connectivity index is 1.85. The van der Waals surface area contributed by atoms with E-state index in [-0.39, 0.29) is 0 Å². The molecular formula is C17H24ClN. The van der Waals surface area contributed by atoms with Gasteiger partial charge in [0.15, 0.2) is 0 Å². The van der Waals surface area contributed by atoms with Gasteiger partial charge in [0.25, 0.3) is 0 Å². The topological polar surface area (TPSA) is 12.0 Å². The van der Waals surface area contributed by atoms with Crippen molar-refractivity contribution < 1.29 is 0 Å². The molecule has 1 fully saturated rings. The van der Waals surface area contributed by atoms with Gasteiger partial charge in [-0.3, -0.25) is 0 Å². The van der Waals surface area contributed by atoms with Crippen LogP contribution in [-0.4, -0.2) is 6.04 Å². The Hall–Kier alpha value is -0.530. The molecule has 19 heavy (non-hydrogen) atoms. The molecule has 0 amide bonds. The van der Waals surface area contributed by atoms with Crippen LogP contribution in [0.3, 0.4) is 0 Å². The number of fused-ring (bicyclic) bond motifs is 1. The Morgan fingerprint density at radius 3 is 2.74 bits per heavy atom. The zero-order chi connectivity index (χ0) is 13.6. The van der Waals surface area contributed by atoms with Gasteiger partial charge >= 0.3 is 0 Å². The maximum atomic E-state index is 6.19. The zero-order valence-corrected chi connectivity index (χ0v) is 12.9. The molecule has 3 atom stereocenters. The fourth-order valence-corrected chi connectivity index (χ4v) is 4.10. The lowest BCUT2D eigenvalue weighted by molar-refractivity contribution is 0.246. The molecule has 1 aromatic rings. The molecule has 0 radical (unpaired) electrons. The average molecular weight is 278 g/mol. The number of hydrogen-bond donors (Lipinski definition) is 1. The minimum absolute atomic E-state index is 0.291. The summed E-state index contributed by atoms with van der Waals surface area (Å²) in [6.07, 6.45) is 5.17. The van der Waals surface area contributed by atoms with Gasteiger partial charge in [0, 0.05) is 17.1 Å². The second-order valence-corrected chi connectivity index (χ2v) is 7.66. The Labute approximate surface area is 121 Å². The van der Waals surface area contributed by atoms with Crippen molar-refractivity contribution in [1.82, 2.24) is 5.32 Å². The Morgan fingerprint density at radius 1 is 1.26 bits per heavy atom. The van der Waals surface area contributed by atoms with E-state index in [1.165, 1.54) is 30.4 Å². The van der Waals surface area contributed by atoms with Crippen molar-refractivity contribution in [1.29, 1.82) is 0 Å². The van der Waals surface area contributed by atoms with E-state index in [1.807, 2.05) is 6.07 Å². The molecule has 3 unspecified atom stereocenters. The summed E-state index contributed by atoms with van der Waals surface area (Å²) in [5.41, 5.74) is 3.19. The van der Waals surface area contributed by atoms with Crippen LogP contribution in [0.25, 0.3) is 0 Å². The molecule has 2 heteroatoms. The smallest absolute Gasteiger partial charge is 0.0409 e. The van der Waals surface area contributed by atoms with Crippen LogP contribution in [0, 0.1) is 11.3 Å². The summed E-state index contributed by atoms with van der Waals surface area (Å²) in [5.74, 6) is 0.876. The molecule has 0 heterocycles. The first-order valence-electron chi connectivity index (χ1n) is 7.50. The highest BCUT2D eigenvalue weighted by molar-refractivity contribution is 6.30. The molecular weight excluding hydrogens is 254 g/mol. The monoisotopic (exact) mass is 277 g/mol. The second kappa shape index (κ2) is 4.79. The minimum atomic E-state index is 0.291. The quantitative estimate of drug-likeness (QED) is 0.823. The van der Waals surface area contributed by atoms with E-state index >= 15 is 0 Å². The summed E-state index contributed by atoms with van der Waals surface area (Å²) in [5, 5.41) is 4.79. The summed E-state index contributed by atoms with van der Waals surface area (Å²) in [6.45, 7) is 7.11. The zero-order valence-electron chi connectivity index (χ0n) is 12.2. The highest BCUT2D eigenvalue weighted by Gasteiger charge is 2.40. The Morgan fingerprint density at radius 2 is 2.05 bits per heavy atom. The summed E-state index contributed by atoms with van der Waals surface area (Å²) >= 11 is 6.19. The van der Waals surface area contributed by atoms with Crippen LogP contribution in [0.1, 0.15) is 57.2 Å². The maximum absolute atomic E-state index is 6.19. The normalized spacial score (nSPS) is 32.5. The molecule has 1 N–H and O–H groups in total. The highest BCUT2D eigenvalue weighted by Crippen LogP contribution is 2.46. The van der Waals surface area contributed by atoms with Crippen LogP contribution in [0.15, 0.2) is 18.2 Å². The lowest BCUT2D eigenvalue weighted by Gasteiger charge is -2.31. The molecule has 0 bridgehead atoms. The maximum Gasteiger partial charge on any atom is 0.0409 e. The van der Waals surface area contributed by atoms with E-state index in [0.717, 1.165) is 17.4 Å². The molecule has 0 spiro atoms. The summed E-state index contributed by atoms with van der Waals surface area (Å²) < 4.78 is 0. The molecule has 2 aliphatic rings. The first-order valence-corrected chi connectivity index (χ1v) is 7.88. The number of benzene rings is 1. The molecule has 0 saturated heterocycles. The van der Waals surface area contributed by atoms with Crippen molar-refractivity contribution in [2.24, 2.45) is 11.3 Å². The fraction of sp³-hybridized carbons (Fsp3) is 0.647. The summed E-state index contributed by atoms with van der Waals surface area (Å²) in [4.78, 5) is 0. The van der Waals surface area contributed by atoms with E-state index in [1.54, 1.807) is 0 Å². The van der Waals surface area contributed by atoms with Crippen molar-refractivity contribution in [3.63, 3.8) is 0 Å². The highest BCUT2D eigenvalue weighted by atomic mass is 35.5. The lowest BCUT2D eigenvalue weighted by Crippen LogP contribution is -2.37. The van der Waals surface area contributed by atoms with E-state index in [0.29, 0.717) is 17.5 Å². The van der Waals surface area contributed by atoms with Crippen LogP contribution in [0.2, 0.25) is 5.02 Å². The van der Waals surface area contributed by atoms with Gasteiger partial charge in [0.1, 0.15) is 0 Å². The van der Waals surface area contributed by atoms with Gasteiger partial charge in [0.05, 0.1) is 0 Å². The first-order chi connectivity index (χ1) is 8.95. The average Bonchev–Trinajstić information content (AvgIpc) is 2.83. The molecule has 2 aliphatic carbocycles. The molecule has 0 aromatic heterocycles. The van der Waals surface area contributed by atoms with Crippen LogP contribution in [-0.2, 0) is 6.42 Å². The first kappa shape index (κ1) is 13.5. The van der Waals surface area contributed by atoms with Gasteiger partial charge in [-0.05, 0) is 60.3 Å². The van der Waals surface area contributed by atoms with Gasteiger partial charge < -0.3 is 5.32 Å². The largest absolute Gasteiger partial charge is 0.307 e. The number of hydrogen-bond acceptors (Lipinski definition) is 1. The van der Waals surface area contributed by atoms with Crippen molar-refractivity contribution in [2.45, 2.75) is 58.5 Å². The molecule has 1 nitrogen and oxygen atoms in total. The fourth-order valence-electron chi connectivity index (χ4n) is 3.92. The van der Waals surface area contributed by atoms with Crippen molar-refractivity contribution >= 4 is 11.6 Å². The van der Waals surface area contributed by atoms with Crippen molar-refractivity contribution in [3.05, 3.63) is 34.3 Å². The SMILES string of the molecule is CC1CCC(NC2c3cc(Cl)ccc3CC2(C)C)C1. The second-order valence-electron chi connectivity index (χ2n) is 7.22. The summed E-state index contributed by atoms with van der Waals surface area (Å²) in [6, 6.07) is 7.54. The number of halogens is 1. The van der Waals surface area contributed by atoms with Gasteiger partial charge in [-0.25, -0.2) is 0 Å². The van der Waals surface area contributed by atoms with Crippen molar-refractivity contribution in [3.8, 4) is 0 Å². The molecule has 1 aromatic carbocycles. The third kappa shape index (κ3) is 2.55. The predicted molar refractivity (Wildman–Crippen MR) is 81.6 cm³/mol. The third-order valence-corrected chi connectivity index (χ3v) is 5.18.